The highest BCUT2D eigenvalue weighted by atomic mass is 16.6. The maximum Gasteiger partial charge on any atom is 0.332 e. The fourth-order valence-electron chi connectivity index (χ4n) is 2.06. The summed E-state index contributed by atoms with van der Waals surface area (Å²) in [6.45, 7) is 1.99. The molecule has 2 unspecified atom stereocenters. The van der Waals surface area contributed by atoms with E-state index < -0.39 is 17.0 Å². The molecule has 1 fully saturated rings. The summed E-state index contributed by atoms with van der Waals surface area (Å²) in [5.41, 5.74) is 0.488. The van der Waals surface area contributed by atoms with Gasteiger partial charge in [0.15, 0.2) is 6.10 Å². The number of hydrogen-bond donors (Lipinski definition) is 2. The van der Waals surface area contributed by atoms with E-state index in [9.17, 15) is 14.9 Å². The molecule has 8 nitrogen and oxygen atoms in total. The van der Waals surface area contributed by atoms with Crippen LogP contribution in [0.3, 0.4) is 0 Å². The van der Waals surface area contributed by atoms with Crippen LogP contribution in [0.2, 0.25) is 0 Å². The highest BCUT2D eigenvalue weighted by Gasteiger charge is 2.30. The Morgan fingerprint density at radius 3 is 3.00 bits per heavy atom. The van der Waals surface area contributed by atoms with Crippen LogP contribution in [0.5, 0.6) is 0 Å². The lowest BCUT2D eigenvalue weighted by atomic mass is 10.2. The van der Waals surface area contributed by atoms with Crippen LogP contribution in [0.25, 0.3) is 0 Å². The monoisotopic (exact) mass is 281 g/mol. The maximum atomic E-state index is 10.8. The number of pyridine rings is 1. The highest BCUT2D eigenvalue weighted by molar-refractivity contribution is 5.72. The smallest absolute Gasteiger partial charge is 0.332 e. The Kier molecular flexibility index (Phi) is 4.14. The number of aliphatic carboxylic acids is 1. The number of carbonyl (C=O) groups is 1. The summed E-state index contributed by atoms with van der Waals surface area (Å²) in [6, 6.07) is 1.36. The van der Waals surface area contributed by atoms with E-state index in [0.29, 0.717) is 30.8 Å². The first-order valence-corrected chi connectivity index (χ1v) is 6.20. The van der Waals surface area contributed by atoms with Crippen LogP contribution >= 0.6 is 0 Å². The van der Waals surface area contributed by atoms with Gasteiger partial charge in [0, 0.05) is 18.3 Å². The molecule has 1 aliphatic heterocycles. The van der Waals surface area contributed by atoms with Crippen LogP contribution in [-0.2, 0) is 9.53 Å². The first-order chi connectivity index (χ1) is 9.47. The number of anilines is 1. The molecule has 0 radical (unpaired) electrons. The van der Waals surface area contributed by atoms with Crippen molar-refractivity contribution in [2.24, 2.45) is 0 Å². The van der Waals surface area contributed by atoms with E-state index in [-0.39, 0.29) is 11.8 Å². The first-order valence-electron chi connectivity index (χ1n) is 6.20. The maximum absolute atomic E-state index is 10.8. The Hall–Kier alpha value is -2.22. The predicted octanol–water partition coefficient (Wildman–Crippen LogP) is 1.34. The Bertz CT molecular complexity index is 534. The third-order valence-corrected chi connectivity index (χ3v) is 3.17. The molecule has 1 saturated heterocycles. The highest BCUT2D eigenvalue weighted by Crippen LogP contribution is 2.22. The van der Waals surface area contributed by atoms with Gasteiger partial charge in [-0.05, 0) is 19.8 Å². The molecule has 2 rings (SSSR count). The van der Waals surface area contributed by atoms with E-state index in [1.54, 1.807) is 6.92 Å². The SMILES string of the molecule is Cc1cnc(NCC2CCC(C(=O)O)O2)cc1[N+](=O)[O-]. The largest absolute Gasteiger partial charge is 0.479 e. The van der Waals surface area contributed by atoms with Crippen molar-refractivity contribution in [1.29, 1.82) is 0 Å². The Balaban J connectivity index is 1.93. The molecule has 8 heteroatoms. The van der Waals surface area contributed by atoms with Crippen LogP contribution in [0.15, 0.2) is 12.3 Å². The number of hydrogen-bond acceptors (Lipinski definition) is 6. The number of ether oxygens (including phenoxy) is 1. The molecule has 108 valence electrons. The molecule has 0 spiro atoms. The molecular formula is C12H15N3O5. The zero-order valence-electron chi connectivity index (χ0n) is 10.9. The number of nitrogens with one attached hydrogen (secondary N) is 1. The number of nitro groups is 1. The van der Waals surface area contributed by atoms with Gasteiger partial charge >= 0.3 is 5.97 Å². The summed E-state index contributed by atoms with van der Waals surface area (Å²) >= 11 is 0. The van der Waals surface area contributed by atoms with E-state index in [1.807, 2.05) is 0 Å². The molecule has 0 aliphatic carbocycles. The fraction of sp³-hybridized carbons (Fsp3) is 0.500. The van der Waals surface area contributed by atoms with E-state index >= 15 is 0 Å². The number of nitrogens with zero attached hydrogens (tertiary/aromatic N) is 2. The molecule has 2 atom stereocenters. The number of carboxylic acids is 1. The zero-order valence-corrected chi connectivity index (χ0v) is 10.9. The quantitative estimate of drug-likeness (QED) is 0.618. The predicted molar refractivity (Wildman–Crippen MR) is 69.6 cm³/mol. The molecule has 20 heavy (non-hydrogen) atoms. The second-order valence-corrected chi connectivity index (χ2v) is 4.66. The van der Waals surface area contributed by atoms with Crippen molar-refractivity contribution in [2.75, 3.05) is 11.9 Å². The molecular weight excluding hydrogens is 266 g/mol. The lowest BCUT2D eigenvalue weighted by Crippen LogP contribution is -2.24. The second-order valence-electron chi connectivity index (χ2n) is 4.66. The standard InChI is InChI=1S/C12H15N3O5/c1-7-5-13-11(4-9(7)15(18)19)14-6-8-2-3-10(20-8)12(16)17/h4-5,8,10H,2-3,6H2,1H3,(H,13,14)(H,16,17). The summed E-state index contributed by atoms with van der Waals surface area (Å²) in [5, 5.41) is 22.6. The van der Waals surface area contributed by atoms with Crippen molar-refractivity contribution in [3.8, 4) is 0 Å². The minimum Gasteiger partial charge on any atom is -0.479 e. The van der Waals surface area contributed by atoms with Gasteiger partial charge in [-0.2, -0.15) is 0 Å². The minimum absolute atomic E-state index is 0.00162. The van der Waals surface area contributed by atoms with E-state index in [1.165, 1.54) is 12.3 Å². The van der Waals surface area contributed by atoms with Gasteiger partial charge in [0.2, 0.25) is 0 Å². The van der Waals surface area contributed by atoms with Gasteiger partial charge < -0.3 is 15.2 Å². The van der Waals surface area contributed by atoms with Gasteiger partial charge in [-0.1, -0.05) is 0 Å². The van der Waals surface area contributed by atoms with Crippen LogP contribution in [0.1, 0.15) is 18.4 Å². The normalized spacial score (nSPS) is 21.6. The van der Waals surface area contributed by atoms with E-state index in [2.05, 4.69) is 10.3 Å². The molecule has 0 aromatic carbocycles. The van der Waals surface area contributed by atoms with E-state index in [4.69, 9.17) is 9.84 Å². The fourth-order valence-corrected chi connectivity index (χ4v) is 2.06. The zero-order chi connectivity index (χ0) is 14.7. The molecule has 2 heterocycles. The summed E-state index contributed by atoms with van der Waals surface area (Å²) in [7, 11) is 0. The topological polar surface area (TPSA) is 115 Å². The first kappa shape index (κ1) is 14.2. The van der Waals surface area contributed by atoms with Gasteiger partial charge in [-0.25, -0.2) is 9.78 Å². The van der Waals surface area contributed by atoms with Crippen molar-refractivity contribution < 1.29 is 19.6 Å². The Morgan fingerprint density at radius 2 is 2.40 bits per heavy atom. The van der Waals surface area contributed by atoms with Crippen molar-refractivity contribution in [3.05, 3.63) is 27.9 Å². The molecule has 1 aromatic heterocycles. The molecule has 1 aliphatic rings. The van der Waals surface area contributed by atoms with Crippen molar-refractivity contribution in [3.63, 3.8) is 0 Å². The third kappa shape index (κ3) is 3.21. The number of carboxylic acid groups (broad SMARTS) is 1. The molecule has 1 aromatic rings. The van der Waals surface area contributed by atoms with E-state index in [0.717, 1.165) is 0 Å². The van der Waals surface area contributed by atoms with Gasteiger partial charge in [0.05, 0.1) is 17.1 Å². The molecule has 2 N–H and O–H groups in total. The van der Waals surface area contributed by atoms with Crippen molar-refractivity contribution in [2.45, 2.75) is 32.0 Å². The second kappa shape index (κ2) is 5.83. The average molecular weight is 281 g/mol. The van der Waals surface area contributed by atoms with Crippen molar-refractivity contribution >= 4 is 17.5 Å². The summed E-state index contributed by atoms with van der Waals surface area (Å²) in [5.74, 6) is -0.582. The lowest BCUT2D eigenvalue weighted by Gasteiger charge is -2.12. The molecule has 0 amide bonds. The number of aromatic nitrogens is 1. The van der Waals surface area contributed by atoms with Crippen molar-refractivity contribution in [1.82, 2.24) is 4.98 Å². The molecule has 0 saturated carbocycles. The lowest BCUT2D eigenvalue weighted by molar-refractivity contribution is -0.385. The van der Waals surface area contributed by atoms with Gasteiger partial charge in [0.25, 0.3) is 5.69 Å². The third-order valence-electron chi connectivity index (χ3n) is 3.17. The van der Waals surface area contributed by atoms with Gasteiger partial charge in [-0.3, -0.25) is 10.1 Å². The minimum atomic E-state index is -0.961. The summed E-state index contributed by atoms with van der Waals surface area (Å²) in [4.78, 5) is 25.1. The Morgan fingerprint density at radius 1 is 1.65 bits per heavy atom. The van der Waals surface area contributed by atoms with Crippen LogP contribution in [-0.4, -0.2) is 39.7 Å². The summed E-state index contributed by atoms with van der Waals surface area (Å²) < 4.78 is 5.32. The number of rotatable bonds is 5. The van der Waals surface area contributed by atoms with Gasteiger partial charge in [0.1, 0.15) is 5.82 Å². The average Bonchev–Trinajstić information content (AvgIpc) is 2.86. The van der Waals surface area contributed by atoms with Crippen LogP contribution in [0, 0.1) is 17.0 Å². The van der Waals surface area contributed by atoms with Crippen LogP contribution < -0.4 is 5.32 Å². The molecule has 0 bridgehead atoms. The van der Waals surface area contributed by atoms with Crippen LogP contribution in [0.4, 0.5) is 11.5 Å². The summed E-state index contributed by atoms with van der Waals surface area (Å²) in [6.07, 6.45) is 1.55. The van der Waals surface area contributed by atoms with Gasteiger partial charge in [-0.15, -0.1) is 0 Å². The Labute approximate surface area is 114 Å². The number of aryl methyl sites for hydroxylation is 1.